The summed E-state index contributed by atoms with van der Waals surface area (Å²) in [7, 11) is 2.79. The Hall–Kier alpha value is -0.710. The zero-order chi connectivity index (χ0) is 9.72. The number of rotatable bonds is 4. The standard InChI is InChI=1S/C7H13F2NO2/c1-5(4-12-3)10(2)7(11)6(8)9/h5-6H,4H2,1-3H3. The molecule has 0 saturated heterocycles. The molecule has 1 unspecified atom stereocenters. The molecule has 0 aromatic rings. The molecule has 1 atom stereocenters. The molecular weight excluding hydrogens is 168 g/mol. The Bertz CT molecular complexity index is 152. The van der Waals surface area contributed by atoms with Crippen LogP contribution in [0.4, 0.5) is 8.78 Å². The predicted octanol–water partition coefficient (Wildman–Crippen LogP) is 0.745. The normalized spacial score (nSPS) is 13.2. The van der Waals surface area contributed by atoms with Crippen LogP contribution in [0, 0.1) is 0 Å². The summed E-state index contributed by atoms with van der Waals surface area (Å²) in [6, 6.07) is -0.323. The topological polar surface area (TPSA) is 29.5 Å². The molecule has 0 aromatic carbocycles. The van der Waals surface area contributed by atoms with Gasteiger partial charge in [-0.05, 0) is 6.92 Å². The van der Waals surface area contributed by atoms with Crippen molar-refractivity contribution >= 4 is 5.91 Å². The smallest absolute Gasteiger partial charge is 0.315 e. The highest BCUT2D eigenvalue weighted by atomic mass is 19.3. The van der Waals surface area contributed by atoms with E-state index >= 15 is 0 Å². The van der Waals surface area contributed by atoms with Crippen molar-refractivity contribution < 1.29 is 18.3 Å². The number of halogens is 2. The number of ether oxygens (including phenoxy) is 1. The molecule has 0 aliphatic carbocycles. The van der Waals surface area contributed by atoms with Gasteiger partial charge in [0.05, 0.1) is 12.6 Å². The van der Waals surface area contributed by atoms with Crippen LogP contribution in [-0.2, 0) is 9.53 Å². The van der Waals surface area contributed by atoms with Gasteiger partial charge in [-0.2, -0.15) is 8.78 Å². The summed E-state index contributed by atoms with van der Waals surface area (Å²) in [5.41, 5.74) is 0. The van der Waals surface area contributed by atoms with Crippen molar-refractivity contribution in [1.29, 1.82) is 0 Å². The van der Waals surface area contributed by atoms with Gasteiger partial charge in [0.15, 0.2) is 0 Å². The first-order valence-corrected chi connectivity index (χ1v) is 3.54. The van der Waals surface area contributed by atoms with E-state index in [1.165, 1.54) is 14.2 Å². The third kappa shape index (κ3) is 3.13. The van der Waals surface area contributed by atoms with Crippen LogP contribution in [0.3, 0.4) is 0 Å². The molecule has 0 bridgehead atoms. The van der Waals surface area contributed by atoms with Gasteiger partial charge in [-0.25, -0.2) is 0 Å². The molecule has 0 spiro atoms. The van der Waals surface area contributed by atoms with Gasteiger partial charge in [-0.1, -0.05) is 0 Å². The summed E-state index contributed by atoms with van der Waals surface area (Å²) in [6.45, 7) is 1.90. The Morgan fingerprint density at radius 1 is 1.58 bits per heavy atom. The molecule has 0 aliphatic heterocycles. The molecule has 0 radical (unpaired) electrons. The summed E-state index contributed by atoms with van der Waals surface area (Å²) in [5, 5.41) is 0. The number of carbonyl (C=O) groups excluding carboxylic acids is 1. The van der Waals surface area contributed by atoms with E-state index in [1.54, 1.807) is 6.92 Å². The fourth-order valence-corrected chi connectivity index (χ4v) is 0.724. The van der Waals surface area contributed by atoms with Crippen LogP contribution in [0.15, 0.2) is 0 Å². The van der Waals surface area contributed by atoms with E-state index in [0.29, 0.717) is 0 Å². The van der Waals surface area contributed by atoms with Crippen LogP contribution in [0.25, 0.3) is 0 Å². The molecular formula is C7H13F2NO2. The monoisotopic (exact) mass is 181 g/mol. The van der Waals surface area contributed by atoms with Crippen molar-refractivity contribution in [1.82, 2.24) is 4.90 Å². The molecule has 5 heteroatoms. The fourth-order valence-electron chi connectivity index (χ4n) is 0.724. The molecule has 0 rings (SSSR count). The van der Waals surface area contributed by atoms with Crippen molar-refractivity contribution in [3.05, 3.63) is 0 Å². The van der Waals surface area contributed by atoms with Crippen LogP contribution in [-0.4, -0.2) is 44.0 Å². The van der Waals surface area contributed by atoms with Gasteiger partial charge >= 0.3 is 6.43 Å². The van der Waals surface area contributed by atoms with E-state index in [4.69, 9.17) is 4.74 Å². The summed E-state index contributed by atoms with van der Waals surface area (Å²) in [5.74, 6) is -1.17. The average Bonchev–Trinajstić information content (AvgIpc) is 2.02. The van der Waals surface area contributed by atoms with Gasteiger partial charge in [0.1, 0.15) is 0 Å². The first-order chi connectivity index (χ1) is 5.50. The quantitative estimate of drug-likeness (QED) is 0.640. The number of hydrogen-bond donors (Lipinski definition) is 0. The van der Waals surface area contributed by atoms with Crippen molar-refractivity contribution in [3.63, 3.8) is 0 Å². The molecule has 3 nitrogen and oxygen atoms in total. The highest BCUT2D eigenvalue weighted by Gasteiger charge is 2.23. The summed E-state index contributed by atoms with van der Waals surface area (Å²) >= 11 is 0. The van der Waals surface area contributed by atoms with Gasteiger partial charge in [0, 0.05) is 14.2 Å². The van der Waals surface area contributed by atoms with Crippen LogP contribution in [0.2, 0.25) is 0 Å². The van der Waals surface area contributed by atoms with E-state index in [9.17, 15) is 13.6 Å². The Balaban J connectivity index is 4.00. The van der Waals surface area contributed by atoms with Crippen LogP contribution in [0.5, 0.6) is 0 Å². The van der Waals surface area contributed by atoms with Gasteiger partial charge in [-0.3, -0.25) is 4.79 Å². The molecule has 72 valence electrons. The Morgan fingerprint density at radius 3 is 2.42 bits per heavy atom. The molecule has 1 amide bonds. The number of likely N-dealkylation sites (N-methyl/N-ethyl adjacent to an activating group) is 1. The minimum atomic E-state index is -2.94. The molecule has 0 N–H and O–H groups in total. The molecule has 0 fully saturated rings. The van der Waals surface area contributed by atoms with Gasteiger partial charge < -0.3 is 9.64 Å². The Morgan fingerprint density at radius 2 is 2.08 bits per heavy atom. The SMILES string of the molecule is COCC(C)N(C)C(=O)C(F)F. The summed E-state index contributed by atoms with van der Waals surface area (Å²) in [6.07, 6.45) is -2.94. The van der Waals surface area contributed by atoms with E-state index in [0.717, 1.165) is 4.90 Å². The summed E-state index contributed by atoms with van der Waals surface area (Å²) in [4.78, 5) is 11.7. The lowest BCUT2D eigenvalue weighted by molar-refractivity contribution is -0.144. The Labute approximate surface area is 70.3 Å². The molecule has 0 aliphatic rings. The second kappa shape index (κ2) is 5.03. The first-order valence-electron chi connectivity index (χ1n) is 3.54. The Kier molecular flexibility index (Phi) is 4.73. The minimum absolute atomic E-state index is 0.259. The maximum atomic E-state index is 11.8. The highest BCUT2D eigenvalue weighted by molar-refractivity contribution is 5.79. The molecule has 12 heavy (non-hydrogen) atoms. The maximum Gasteiger partial charge on any atom is 0.315 e. The maximum absolute atomic E-state index is 11.8. The van der Waals surface area contributed by atoms with Crippen LogP contribution in [0.1, 0.15) is 6.92 Å². The molecule has 0 heterocycles. The number of nitrogens with zero attached hydrogens (tertiary/aromatic N) is 1. The van der Waals surface area contributed by atoms with E-state index in [2.05, 4.69) is 0 Å². The van der Waals surface area contributed by atoms with Gasteiger partial charge in [-0.15, -0.1) is 0 Å². The average molecular weight is 181 g/mol. The highest BCUT2D eigenvalue weighted by Crippen LogP contribution is 2.03. The molecule has 0 aromatic heterocycles. The van der Waals surface area contributed by atoms with Gasteiger partial charge in [0.2, 0.25) is 0 Å². The van der Waals surface area contributed by atoms with Gasteiger partial charge in [0.25, 0.3) is 5.91 Å². The van der Waals surface area contributed by atoms with Crippen molar-refractivity contribution in [3.8, 4) is 0 Å². The summed E-state index contributed by atoms with van der Waals surface area (Å²) < 4.78 is 28.4. The third-order valence-electron chi connectivity index (χ3n) is 1.60. The lowest BCUT2D eigenvalue weighted by Crippen LogP contribution is -2.41. The van der Waals surface area contributed by atoms with Crippen LogP contribution >= 0.6 is 0 Å². The minimum Gasteiger partial charge on any atom is -0.383 e. The zero-order valence-corrected chi connectivity index (χ0v) is 7.38. The van der Waals surface area contributed by atoms with Crippen molar-refractivity contribution in [2.45, 2.75) is 19.4 Å². The lowest BCUT2D eigenvalue weighted by Gasteiger charge is -2.23. The molecule has 0 saturated carbocycles. The number of hydrogen-bond acceptors (Lipinski definition) is 2. The van der Waals surface area contributed by atoms with E-state index in [-0.39, 0.29) is 12.6 Å². The predicted molar refractivity (Wildman–Crippen MR) is 40.1 cm³/mol. The lowest BCUT2D eigenvalue weighted by atomic mass is 10.3. The van der Waals surface area contributed by atoms with Crippen LogP contribution < -0.4 is 0 Å². The number of methoxy groups -OCH3 is 1. The van der Waals surface area contributed by atoms with E-state index < -0.39 is 12.3 Å². The second-order valence-corrected chi connectivity index (χ2v) is 2.55. The zero-order valence-electron chi connectivity index (χ0n) is 7.38. The van der Waals surface area contributed by atoms with Crippen molar-refractivity contribution in [2.75, 3.05) is 20.8 Å². The van der Waals surface area contributed by atoms with Crippen molar-refractivity contribution in [2.24, 2.45) is 0 Å². The second-order valence-electron chi connectivity index (χ2n) is 2.55. The number of amides is 1. The number of carbonyl (C=O) groups is 1. The fraction of sp³-hybridized carbons (Fsp3) is 0.857. The first kappa shape index (κ1) is 11.3. The third-order valence-corrected chi connectivity index (χ3v) is 1.60. The number of alkyl halides is 2. The van der Waals surface area contributed by atoms with E-state index in [1.807, 2.05) is 0 Å². The largest absolute Gasteiger partial charge is 0.383 e.